The number of hydrogen-bond donors (Lipinski definition) is 1. The van der Waals surface area contributed by atoms with Gasteiger partial charge in [0, 0.05) is 0 Å². The van der Waals surface area contributed by atoms with E-state index >= 15 is 0 Å². The maximum absolute atomic E-state index is 6.63. The van der Waals surface area contributed by atoms with Gasteiger partial charge in [0.25, 0.3) is 0 Å². The molecule has 8 nitrogen and oxygen atoms in total. The minimum Gasteiger partial charge on any atom is -0.436 e. The molecule has 11 heteroatoms. The van der Waals surface area contributed by atoms with E-state index in [-0.39, 0.29) is 17.8 Å². The molecular formula is C30H43N2O6P3. The molecule has 41 heavy (non-hydrogen) atoms. The summed E-state index contributed by atoms with van der Waals surface area (Å²) < 4.78 is 43.4. The molecule has 0 amide bonds. The van der Waals surface area contributed by atoms with Gasteiger partial charge in [0.2, 0.25) is 0 Å². The molecule has 3 atom stereocenters. The predicted molar refractivity (Wildman–Crippen MR) is 170 cm³/mol. The Kier molecular flexibility index (Phi) is 14.6. The van der Waals surface area contributed by atoms with E-state index < -0.39 is 24.7 Å². The Morgan fingerprint density at radius 3 is 1.59 bits per heavy atom. The highest BCUT2D eigenvalue weighted by Gasteiger charge is 2.35. The van der Waals surface area contributed by atoms with Crippen molar-refractivity contribution >= 4 is 24.7 Å². The van der Waals surface area contributed by atoms with Crippen molar-refractivity contribution in [3.05, 3.63) is 91.0 Å². The van der Waals surface area contributed by atoms with Gasteiger partial charge in [0.1, 0.15) is 17.2 Å². The van der Waals surface area contributed by atoms with Crippen LogP contribution in [0.25, 0.3) is 0 Å². The van der Waals surface area contributed by atoms with Crippen molar-refractivity contribution in [3.63, 3.8) is 0 Å². The number of hydrogen-bond acceptors (Lipinski definition) is 7. The summed E-state index contributed by atoms with van der Waals surface area (Å²) in [5, 5.41) is 0. The summed E-state index contributed by atoms with van der Waals surface area (Å²) in [6.45, 7) is 13.8. The van der Waals surface area contributed by atoms with Crippen LogP contribution in [0.2, 0.25) is 0 Å². The average molecular weight is 621 g/mol. The lowest BCUT2D eigenvalue weighted by atomic mass is 10.2. The van der Waals surface area contributed by atoms with E-state index in [0.29, 0.717) is 37.1 Å². The normalized spacial score (nSPS) is 14.5. The van der Waals surface area contributed by atoms with Crippen molar-refractivity contribution in [2.75, 3.05) is 19.8 Å². The van der Waals surface area contributed by atoms with Crippen molar-refractivity contribution < 1.29 is 27.1 Å². The van der Waals surface area contributed by atoms with Crippen molar-refractivity contribution in [1.82, 2.24) is 4.86 Å². The molecule has 3 aromatic rings. The van der Waals surface area contributed by atoms with E-state index in [4.69, 9.17) is 31.7 Å². The molecule has 0 fully saturated rings. The fourth-order valence-electron chi connectivity index (χ4n) is 2.94. The van der Waals surface area contributed by atoms with Crippen LogP contribution in [0.15, 0.2) is 95.5 Å². The summed E-state index contributed by atoms with van der Waals surface area (Å²) in [5.41, 5.74) is 0. The monoisotopic (exact) mass is 620 g/mol. The molecule has 0 radical (unpaired) electrons. The Morgan fingerprint density at radius 2 is 1.07 bits per heavy atom. The highest BCUT2D eigenvalue weighted by molar-refractivity contribution is 7.70. The lowest BCUT2D eigenvalue weighted by Gasteiger charge is -2.30. The van der Waals surface area contributed by atoms with Crippen LogP contribution < -0.4 is 18.4 Å². The van der Waals surface area contributed by atoms with Gasteiger partial charge in [0.05, 0.1) is 19.8 Å². The standard InChI is InChI=1S/C30H43N2O6P3/c1-25(2)22-33-39(36-28-16-10-7-11-17-28)31-41(35-24-27(5)6,38-30-20-14-9-15-21-30)32-40(34-23-26(3)4)37-29-18-12-8-13-19-29/h7-21,25-27,31H,22-24H2,1-6H3. The second-order valence-corrected chi connectivity index (χ2v) is 15.4. The molecule has 224 valence electrons. The van der Waals surface area contributed by atoms with Gasteiger partial charge in [-0.1, -0.05) is 96.1 Å². The predicted octanol–water partition coefficient (Wildman–Crippen LogP) is 10.2. The lowest BCUT2D eigenvalue weighted by Crippen LogP contribution is -2.19. The summed E-state index contributed by atoms with van der Waals surface area (Å²) in [5.74, 6) is 2.67. The molecule has 3 unspecified atom stereocenters. The molecule has 0 aliphatic carbocycles. The highest BCUT2D eigenvalue weighted by atomic mass is 31.3. The Balaban J connectivity index is 2.09. The molecule has 0 aromatic heterocycles. The molecule has 3 aromatic carbocycles. The van der Waals surface area contributed by atoms with Crippen LogP contribution >= 0.6 is 24.7 Å². The first-order valence-electron chi connectivity index (χ1n) is 13.8. The van der Waals surface area contributed by atoms with Crippen LogP contribution in [-0.2, 0) is 13.6 Å². The summed E-state index contributed by atoms with van der Waals surface area (Å²) in [6.07, 6.45) is 0. The van der Waals surface area contributed by atoms with E-state index in [1.165, 1.54) is 0 Å². The van der Waals surface area contributed by atoms with Gasteiger partial charge >= 0.3 is 24.7 Å². The summed E-state index contributed by atoms with van der Waals surface area (Å²) in [7, 11) is -6.92. The van der Waals surface area contributed by atoms with E-state index in [1.807, 2.05) is 91.0 Å². The molecule has 0 aliphatic rings. The minimum absolute atomic E-state index is 0.210. The second kappa shape index (κ2) is 17.8. The fraction of sp³-hybridized carbons (Fsp3) is 0.400. The zero-order valence-corrected chi connectivity index (χ0v) is 27.4. The molecule has 0 heterocycles. The van der Waals surface area contributed by atoms with Crippen LogP contribution in [0.5, 0.6) is 17.2 Å². The molecule has 0 bridgehead atoms. The second-order valence-electron chi connectivity index (χ2n) is 10.5. The third kappa shape index (κ3) is 13.2. The Morgan fingerprint density at radius 1 is 0.610 bits per heavy atom. The van der Waals surface area contributed by atoms with Gasteiger partial charge in [0.15, 0.2) is 0 Å². The molecule has 0 spiro atoms. The van der Waals surface area contributed by atoms with Gasteiger partial charge in [-0.3, -0.25) is 0 Å². The van der Waals surface area contributed by atoms with Gasteiger partial charge in [-0.15, -0.1) is 9.37 Å². The molecule has 0 saturated carbocycles. The molecule has 1 N–H and O–H groups in total. The zero-order valence-electron chi connectivity index (χ0n) is 24.8. The zero-order chi connectivity index (χ0) is 29.5. The third-order valence-electron chi connectivity index (χ3n) is 4.86. The van der Waals surface area contributed by atoms with E-state index in [0.717, 1.165) is 0 Å². The van der Waals surface area contributed by atoms with Crippen LogP contribution in [0.4, 0.5) is 0 Å². The molecule has 3 rings (SSSR count). The summed E-state index contributed by atoms with van der Waals surface area (Å²) in [4.78, 5) is 3.46. The Bertz CT molecular complexity index is 1170. The van der Waals surface area contributed by atoms with Gasteiger partial charge in [-0.25, -0.2) is 0 Å². The van der Waals surface area contributed by atoms with E-state index in [2.05, 4.69) is 46.4 Å². The van der Waals surface area contributed by atoms with Crippen molar-refractivity contribution in [2.24, 2.45) is 22.3 Å². The average Bonchev–Trinajstić information content (AvgIpc) is 2.95. The molecule has 0 aliphatic heterocycles. The van der Waals surface area contributed by atoms with Crippen LogP contribution in [0.1, 0.15) is 41.5 Å². The van der Waals surface area contributed by atoms with E-state index in [9.17, 15) is 0 Å². The minimum atomic E-state index is -3.35. The smallest absolute Gasteiger partial charge is 0.377 e. The van der Waals surface area contributed by atoms with Crippen molar-refractivity contribution in [2.45, 2.75) is 41.5 Å². The maximum Gasteiger partial charge on any atom is 0.377 e. The van der Waals surface area contributed by atoms with Crippen LogP contribution in [-0.4, -0.2) is 19.8 Å². The number of nitrogens with one attached hydrogen (secondary N) is 1. The summed E-state index contributed by atoms with van der Waals surface area (Å²) >= 11 is 0. The molecular weight excluding hydrogens is 577 g/mol. The first-order valence-corrected chi connectivity index (χ1v) is 17.7. The van der Waals surface area contributed by atoms with Crippen molar-refractivity contribution in [1.29, 1.82) is 0 Å². The quantitative estimate of drug-likeness (QED) is 0.142. The SMILES string of the molecule is CC(C)COP(N=P(NP(OCC(C)C)Oc1ccccc1)(OCC(C)C)Oc1ccccc1)Oc1ccccc1. The Labute approximate surface area is 248 Å². The van der Waals surface area contributed by atoms with Crippen LogP contribution in [0, 0.1) is 17.8 Å². The van der Waals surface area contributed by atoms with Gasteiger partial charge in [-0.2, -0.15) is 0 Å². The van der Waals surface area contributed by atoms with Crippen molar-refractivity contribution in [3.8, 4) is 17.2 Å². The maximum atomic E-state index is 6.63. The third-order valence-corrected chi connectivity index (χ3v) is 10.5. The first kappa shape index (κ1) is 33.5. The Hall–Kier alpha value is -2.01. The lowest BCUT2D eigenvalue weighted by molar-refractivity contribution is 0.248. The number of nitrogens with zero attached hydrogens (tertiary/aromatic N) is 1. The first-order chi connectivity index (χ1) is 19.7. The molecule has 0 saturated heterocycles. The highest BCUT2D eigenvalue weighted by Crippen LogP contribution is 2.62. The van der Waals surface area contributed by atoms with Gasteiger partial charge in [-0.05, 0) is 54.2 Å². The fourth-order valence-corrected chi connectivity index (χ4v) is 9.09. The number of benzene rings is 3. The number of para-hydroxylation sites is 3. The topological polar surface area (TPSA) is 79.8 Å². The largest absolute Gasteiger partial charge is 0.436 e. The van der Waals surface area contributed by atoms with Crippen LogP contribution in [0.3, 0.4) is 0 Å². The van der Waals surface area contributed by atoms with E-state index in [1.54, 1.807) is 0 Å². The summed E-state index contributed by atoms with van der Waals surface area (Å²) in [6, 6.07) is 28.5. The number of rotatable bonds is 18. The van der Waals surface area contributed by atoms with Gasteiger partial charge < -0.3 is 27.1 Å².